The normalized spacial score (nSPS) is 22.8. The maximum absolute atomic E-state index is 6.08. The van der Waals surface area contributed by atoms with Crippen molar-refractivity contribution >= 4 is 0 Å². The Kier molecular flexibility index (Phi) is 4.65. The van der Waals surface area contributed by atoms with Crippen LogP contribution in [0, 0.1) is 5.92 Å². The number of hydrogen-bond acceptors (Lipinski definition) is 2. The predicted molar refractivity (Wildman–Crippen MR) is 74.4 cm³/mol. The smallest absolute Gasteiger partial charge is 0.0602 e. The fourth-order valence-electron chi connectivity index (χ4n) is 2.69. The van der Waals surface area contributed by atoms with Gasteiger partial charge in [-0.05, 0) is 80.3 Å². The topological polar surface area (TPSA) is 12.5 Å². The summed E-state index contributed by atoms with van der Waals surface area (Å²) in [5, 5.41) is 0. The van der Waals surface area contributed by atoms with Crippen LogP contribution in [-0.2, 0) is 4.74 Å². The van der Waals surface area contributed by atoms with Gasteiger partial charge in [-0.15, -0.1) is 0 Å². The molecule has 1 aliphatic heterocycles. The first kappa shape index (κ1) is 15.0. The zero-order chi connectivity index (χ0) is 13.3. The molecule has 1 fully saturated rings. The minimum Gasteiger partial charge on any atom is -0.373 e. The third kappa shape index (κ3) is 4.97. The van der Waals surface area contributed by atoms with E-state index < -0.39 is 0 Å². The maximum atomic E-state index is 6.08. The van der Waals surface area contributed by atoms with Gasteiger partial charge in [0.2, 0.25) is 0 Å². The molecule has 0 spiro atoms. The number of rotatable bonds is 2. The molecule has 0 aromatic rings. The molecule has 1 unspecified atom stereocenters. The van der Waals surface area contributed by atoms with Crippen molar-refractivity contribution in [3.05, 3.63) is 0 Å². The van der Waals surface area contributed by atoms with Crippen molar-refractivity contribution in [2.45, 2.75) is 78.6 Å². The van der Waals surface area contributed by atoms with E-state index in [9.17, 15) is 0 Å². The Hall–Kier alpha value is -0.0800. The summed E-state index contributed by atoms with van der Waals surface area (Å²) in [5.74, 6) is 0.729. The van der Waals surface area contributed by atoms with Crippen LogP contribution >= 0.6 is 0 Å². The van der Waals surface area contributed by atoms with Gasteiger partial charge in [0, 0.05) is 5.54 Å². The van der Waals surface area contributed by atoms with Gasteiger partial charge < -0.3 is 4.74 Å². The molecule has 102 valence electrons. The summed E-state index contributed by atoms with van der Waals surface area (Å²) in [7, 11) is 0. The number of likely N-dealkylation sites (tertiary alicyclic amines) is 1. The van der Waals surface area contributed by atoms with Crippen molar-refractivity contribution in [1.82, 2.24) is 4.90 Å². The summed E-state index contributed by atoms with van der Waals surface area (Å²) in [4.78, 5) is 2.59. The van der Waals surface area contributed by atoms with Gasteiger partial charge in [-0.2, -0.15) is 0 Å². The highest BCUT2D eigenvalue weighted by Crippen LogP contribution is 2.28. The zero-order valence-electron chi connectivity index (χ0n) is 12.8. The lowest BCUT2D eigenvalue weighted by atomic mass is 9.89. The zero-order valence-corrected chi connectivity index (χ0v) is 12.8. The fourth-order valence-corrected chi connectivity index (χ4v) is 2.69. The average Bonchev–Trinajstić information content (AvgIpc) is 2.14. The molecule has 0 aromatic heterocycles. The predicted octanol–water partition coefficient (Wildman–Crippen LogP) is 3.70. The highest BCUT2D eigenvalue weighted by atomic mass is 16.5. The Morgan fingerprint density at radius 3 is 1.82 bits per heavy atom. The summed E-state index contributed by atoms with van der Waals surface area (Å²) in [6.45, 7) is 18.0. The van der Waals surface area contributed by atoms with Gasteiger partial charge in [0.25, 0.3) is 0 Å². The molecule has 1 rings (SSSR count). The molecular formula is C15H31NO. The lowest BCUT2D eigenvalue weighted by molar-refractivity contribution is -0.0889. The molecular weight excluding hydrogens is 210 g/mol. The van der Waals surface area contributed by atoms with E-state index in [4.69, 9.17) is 4.74 Å². The van der Waals surface area contributed by atoms with E-state index >= 15 is 0 Å². The fraction of sp³-hybridized carbons (Fsp3) is 1.00. The van der Waals surface area contributed by atoms with E-state index in [1.807, 2.05) is 0 Å². The van der Waals surface area contributed by atoms with Gasteiger partial charge in [-0.1, -0.05) is 0 Å². The summed E-state index contributed by atoms with van der Waals surface area (Å²) >= 11 is 0. The van der Waals surface area contributed by atoms with Crippen molar-refractivity contribution in [2.24, 2.45) is 5.92 Å². The largest absolute Gasteiger partial charge is 0.373 e. The van der Waals surface area contributed by atoms with Crippen LogP contribution in [-0.4, -0.2) is 35.2 Å². The molecule has 0 saturated carbocycles. The highest BCUT2D eigenvalue weighted by molar-refractivity contribution is 4.84. The van der Waals surface area contributed by atoms with Gasteiger partial charge in [0.1, 0.15) is 0 Å². The number of nitrogens with zero attached hydrogens (tertiary/aromatic N) is 1. The Bertz CT molecular complexity index is 228. The molecule has 1 heterocycles. The Balaban J connectivity index is 2.42. The van der Waals surface area contributed by atoms with Crippen molar-refractivity contribution in [3.63, 3.8) is 0 Å². The molecule has 17 heavy (non-hydrogen) atoms. The van der Waals surface area contributed by atoms with Gasteiger partial charge in [0.15, 0.2) is 0 Å². The molecule has 1 saturated heterocycles. The van der Waals surface area contributed by atoms with E-state index in [2.05, 4.69) is 53.4 Å². The SMILES string of the molecule is CC(OC(C)(C)C)C1CCN(C(C)(C)C)CC1. The molecule has 0 amide bonds. The average molecular weight is 241 g/mol. The quantitative estimate of drug-likeness (QED) is 0.731. The number of piperidine rings is 1. The van der Waals surface area contributed by atoms with E-state index in [-0.39, 0.29) is 5.60 Å². The van der Waals surface area contributed by atoms with Crippen LogP contribution in [0.3, 0.4) is 0 Å². The maximum Gasteiger partial charge on any atom is 0.0602 e. The van der Waals surface area contributed by atoms with Crippen molar-refractivity contribution in [3.8, 4) is 0 Å². The monoisotopic (exact) mass is 241 g/mol. The van der Waals surface area contributed by atoms with Crippen LogP contribution in [0.25, 0.3) is 0 Å². The second kappa shape index (κ2) is 5.27. The minimum absolute atomic E-state index is 0.0133. The molecule has 1 atom stereocenters. The third-order valence-corrected chi connectivity index (χ3v) is 3.69. The molecule has 0 radical (unpaired) electrons. The van der Waals surface area contributed by atoms with E-state index in [0.29, 0.717) is 11.6 Å². The lowest BCUT2D eigenvalue weighted by Crippen LogP contribution is -2.48. The van der Waals surface area contributed by atoms with Gasteiger partial charge >= 0.3 is 0 Å². The van der Waals surface area contributed by atoms with Crippen LogP contribution in [0.5, 0.6) is 0 Å². The Morgan fingerprint density at radius 2 is 1.47 bits per heavy atom. The molecule has 2 nitrogen and oxygen atoms in total. The first-order chi connectivity index (χ1) is 7.59. The Morgan fingerprint density at radius 1 is 1.00 bits per heavy atom. The third-order valence-electron chi connectivity index (χ3n) is 3.69. The summed E-state index contributed by atoms with van der Waals surface area (Å²) in [6, 6.07) is 0. The molecule has 0 bridgehead atoms. The van der Waals surface area contributed by atoms with Crippen LogP contribution in [0.15, 0.2) is 0 Å². The summed E-state index contributed by atoms with van der Waals surface area (Å²) in [6.07, 6.45) is 2.93. The molecule has 0 N–H and O–H groups in total. The standard InChI is InChI=1S/C15H31NO/c1-12(17-15(5,6)7)13-8-10-16(11-9-13)14(2,3)4/h12-13H,8-11H2,1-7H3. The van der Waals surface area contributed by atoms with Crippen molar-refractivity contribution < 1.29 is 4.74 Å². The van der Waals surface area contributed by atoms with E-state index in [1.54, 1.807) is 0 Å². The summed E-state index contributed by atoms with van der Waals surface area (Å²) in [5.41, 5.74) is 0.305. The molecule has 2 heteroatoms. The van der Waals surface area contributed by atoms with Gasteiger partial charge in [-0.25, -0.2) is 0 Å². The van der Waals surface area contributed by atoms with Crippen LogP contribution in [0.2, 0.25) is 0 Å². The molecule has 1 aliphatic rings. The van der Waals surface area contributed by atoms with Crippen LogP contribution in [0.4, 0.5) is 0 Å². The van der Waals surface area contributed by atoms with Gasteiger partial charge in [0.05, 0.1) is 11.7 Å². The van der Waals surface area contributed by atoms with Crippen molar-refractivity contribution in [1.29, 1.82) is 0 Å². The molecule has 0 aromatic carbocycles. The first-order valence-corrected chi connectivity index (χ1v) is 7.02. The van der Waals surface area contributed by atoms with E-state index in [1.165, 1.54) is 25.9 Å². The Labute approximate surface area is 108 Å². The second-order valence-electron chi connectivity index (χ2n) is 7.43. The second-order valence-corrected chi connectivity index (χ2v) is 7.43. The van der Waals surface area contributed by atoms with E-state index in [0.717, 1.165) is 5.92 Å². The first-order valence-electron chi connectivity index (χ1n) is 7.02. The molecule has 0 aliphatic carbocycles. The number of ether oxygens (including phenoxy) is 1. The van der Waals surface area contributed by atoms with Crippen LogP contribution < -0.4 is 0 Å². The highest BCUT2D eigenvalue weighted by Gasteiger charge is 2.31. The minimum atomic E-state index is -0.0133. The number of hydrogen-bond donors (Lipinski definition) is 0. The lowest BCUT2D eigenvalue weighted by Gasteiger charge is -2.43. The van der Waals surface area contributed by atoms with Crippen molar-refractivity contribution in [2.75, 3.05) is 13.1 Å². The summed E-state index contributed by atoms with van der Waals surface area (Å²) < 4.78 is 6.08. The van der Waals surface area contributed by atoms with Gasteiger partial charge in [-0.3, -0.25) is 4.90 Å². The van der Waals surface area contributed by atoms with Crippen LogP contribution in [0.1, 0.15) is 61.3 Å².